The molecule has 0 saturated heterocycles. The van der Waals surface area contributed by atoms with Crippen LogP contribution in [0.25, 0.3) is 11.4 Å². The van der Waals surface area contributed by atoms with Gasteiger partial charge in [-0.3, -0.25) is 0 Å². The van der Waals surface area contributed by atoms with E-state index in [-0.39, 0.29) is 0 Å². The number of hydrogen-bond acceptors (Lipinski definition) is 6. The van der Waals surface area contributed by atoms with Crippen molar-refractivity contribution in [3.8, 4) is 22.9 Å². The minimum absolute atomic E-state index is 0.530. The van der Waals surface area contributed by atoms with E-state index in [9.17, 15) is 0 Å². The van der Waals surface area contributed by atoms with Crippen molar-refractivity contribution >= 4 is 5.82 Å². The summed E-state index contributed by atoms with van der Waals surface area (Å²) in [5.74, 6) is 2.49. The molecule has 0 radical (unpaired) electrons. The lowest BCUT2D eigenvalue weighted by atomic mass is 10.2. The molecule has 0 aliphatic rings. The molecular weight excluding hydrogens is 232 g/mol. The maximum absolute atomic E-state index is 5.24. The van der Waals surface area contributed by atoms with Crippen LogP contribution in [0.2, 0.25) is 0 Å². The molecule has 6 nitrogen and oxygen atoms in total. The Balaban J connectivity index is 2.43. The third kappa shape index (κ3) is 2.32. The highest BCUT2D eigenvalue weighted by atomic mass is 16.5. The van der Waals surface area contributed by atoms with E-state index in [0.717, 1.165) is 5.56 Å². The van der Waals surface area contributed by atoms with Crippen LogP contribution in [0.1, 0.15) is 0 Å². The van der Waals surface area contributed by atoms with Gasteiger partial charge in [-0.25, -0.2) is 4.98 Å². The number of nitrogens with one attached hydrogen (secondary N) is 1. The van der Waals surface area contributed by atoms with Crippen LogP contribution in [-0.2, 0) is 0 Å². The Bertz CT molecular complexity index is 545. The highest BCUT2D eigenvalue weighted by Crippen LogP contribution is 2.30. The minimum atomic E-state index is 0.530. The summed E-state index contributed by atoms with van der Waals surface area (Å²) in [6.45, 7) is 0. The van der Waals surface area contributed by atoms with Crippen LogP contribution < -0.4 is 14.8 Å². The lowest BCUT2D eigenvalue weighted by molar-refractivity contribution is 0.355. The molecule has 1 aromatic carbocycles. The highest BCUT2D eigenvalue weighted by molar-refractivity contribution is 5.61. The van der Waals surface area contributed by atoms with Crippen molar-refractivity contribution in [2.45, 2.75) is 0 Å². The topological polar surface area (TPSA) is 69.2 Å². The molecule has 6 heteroatoms. The van der Waals surface area contributed by atoms with Crippen LogP contribution in [-0.4, -0.2) is 36.4 Å². The molecule has 0 atom stereocenters. The van der Waals surface area contributed by atoms with Gasteiger partial charge in [-0.05, 0) is 18.2 Å². The smallest absolute Gasteiger partial charge is 0.183 e. The van der Waals surface area contributed by atoms with E-state index in [1.807, 2.05) is 18.2 Å². The van der Waals surface area contributed by atoms with Gasteiger partial charge in [0.2, 0.25) is 0 Å². The summed E-state index contributed by atoms with van der Waals surface area (Å²) < 4.78 is 10.4. The molecular formula is C12H14N4O2. The molecule has 0 fully saturated rings. The van der Waals surface area contributed by atoms with Gasteiger partial charge in [0.25, 0.3) is 0 Å². The van der Waals surface area contributed by atoms with Gasteiger partial charge in [0.15, 0.2) is 17.3 Å². The summed E-state index contributed by atoms with van der Waals surface area (Å²) in [4.78, 5) is 4.31. The molecule has 2 aromatic rings. The van der Waals surface area contributed by atoms with E-state index >= 15 is 0 Å². The van der Waals surface area contributed by atoms with E-state index in [0.29, 0.717) is 23.1 Å². The molecule has 1 heterocycles. The Morgan fingerprint density at radius 2 is 1.89 bits per heavy atom. The number of ether oxygens (including phenoxy) is 2. The standard InChI is InChI=1S/C12H14N4O2/c1-13-11-7-14-16-12(15-11)8-4-5-9(17-2)10(6-8)18-3/h4-7H,1-3H3,(H,13,15,16). The van der Waals surface area contributed by atoms with Gasteiger partial charge in [-0.1, -0.05) is 0 Å². The number of anilines is 1. The van der Waals surface area contributed by atoms with Crippen molar-refractivity contribution < 1.29 is 9.47 Å². The average Bonchev–Trinajstić information content (AvgIpc) is 2.46. The molecule has 0 saturated carbocycles. The fourth-order valence-corrected chi connectivity index (χ4v) is 1.52. The van der Waals surface area contributed by atoms with E-state index in [1.165, 1.54) is 0 Å². The average molecular weight is 246 g/mol. The second-order valence-corrected chi connectivity index (χ2v) is 3.48. The Hall–Kier alpha value is -2.37. The second kappa shape index (κ2) is 5.31. The fourth-order valence-electron chi connectivity index (χ4n) is 1.52. The summed E-state index contributed by atoms with van der Waals surface area (Å²) in [7, 11) is 4.96. The lowest BCUT2D eigenvalue weighted by Crippen LogP contribution is -1.99. The van der Waals surface area contributed by atoms with Crippen molar-refractivity contribution in [3.63, 3.8) is 0 Å². The molecule has 0 spiro atoms. The van der Waals surface area contributed by atoms with Crippen molar-refractivity contribution in [2.24, 2.45) is 0 Å². The molecule has 2 rings (SSSR count). The molecule has 0 unspecified atom stereocenters. The molecule has 0 aliphatic heterocycles. The Kier molecular flexibility index (Phi) is 3.57. The normalized spacial score (nSPS) is 9.94. The van der Waals surface area contributed by atoms with E-state index in [1.54, 1.807) is 27.5 Å². The summed E-state index contributed by atoms with van der Waals surface area (Å²) in [6.07, 6.45) is 1.56. The number of nitrogens with zero attached hydrogens (tertiary/aromatic N) is 3. The van der Waals surface area contributed by atoms with Crippen molar-refractivity contribution in [1.29, 1.82) is 0 Å². The van der Waals surface area contributed by atoms with Crippen molar-refractivity contribution in [1.82, 2.24) is 15.2 Å². The Morgan fingerprint density at radius 3 is 2.56 bits per heavy atom. The summed E-state index contributed by atoms with van der Waals surface area (Å²) in [6, 6.07) is 5.48. The van der Waals surface area contributed by atoms with Crippen LogP contribution in [0.3, 0.4) is 0 Å². The third-order valence-corrected chi connectivity index (χ3v) is 2.46. The zero-order valence-corrected chi connectivity index (χ0v) is 10.5. The van der Waals surface area contributed by atoms with Crippen LogP contribution in [0.5, 0.6) is 11.5 Å². The lowest BCUT2D eigenvalue weighted by Gasteiger charge is -2.09. The predicted molar refractivity (Wildman–Crippen MR) is 67.9 cm³/mol. The van der Waals surface area contributed by atoms with Crippen molar-refractivity contribution in [2.75, 3.05) is 26.6 Å². The summed E-state index contributed by atoms with van der Waals surface area (Å²) in [5, 5.41) is 10.8. The first kappa shape index (κ1) is 12.1. The quantitative estimate of drug-likeness (QED) is 0.883. The fraction of sp³-hybridized carbons (Fsp3) is 0.250. The van der Waals surface area contributed by atoms with Crippen LogP contribution >= 0.6 is 0 Å². The predicted octanol–water partition coefficient (Wildman–Crippen LogP) is 1.60. The first-order chi connectivity index (χ1) is 8.78. The maximum atomic E-state index is 5.24. The Morgan fingerprint density at radius 1 is 1.11 bits per heavy atom. The summed E-state index contributed by atoms with van der Waals surface area (Å²) >= 11 is 0. The first-order valence-electron chi connectivity index (χ1n) is 5.38. The number of benzene rings is 1. The molecule has 1 N–H and O–H groups in total. The van der Waals surface area contributed by atoms with E-state index in [2.05, 4.69) is 20.5 Å². The minimum Gasteiger partial charge on any atom is -0.493 e. The second-order valence-electron chi connectivity index (χ2n) is 3.48. The first-order valence-corrected chi connectivity index (χ1v) is 5.38. The molecule has 0 bridgehead atoms. The maximum Gasteiger partial charge on any atom is 0.183 e. The molecule has 0 amide bonds. The third-order valence-electron chi connectivity index (χ3n) is 2.46. The van der Waals surface area contributed by atoms with Gasteiger partial charge in [0.05, 0.1) is 20.4 Å². The van der Waals surface area contributed by atoms with E-state index < -0.39 is 0 Å². The van der Waals surface area contributed by atoms with Crippen molar-refractivity contribution in [3.05, 3.63) is 24.4 Å². The summed E-state index contributed by atoms with van der Waals surface area (Å²) in [5.41, 5.74) is 0.817. The molecule has 18 heavy (non-hydrogen) atoms. The number of aromatic nitrogens is 3. The molecule has 1 aromatic heterocycles. The zero-order valence-electron chi connectivity index (χ0n) is 10.5. The number of rotatable bonds is 4. The van der Waals surface area contributed by atoms with Crippen LogP contribution in [0.15, 0.2) is 24.4 Å². The zero-order chi connectivity index (χ0) is 13.0. The number of hydrogen-bond donors (Lipinski definition) is 1. The monoisotopic (exact) mass is 246 g/mol. The Labute approximate surface area is 105 Å². The van der Waals surface area contributed by atoms with Gasteiger partial charge < -0.3 is 14.8 Å². The van der Waals surface area contributed by atoms with Gasteiger partial charge >= 0.3 is 0 Å². The SMILES string of the molecule is CNc1cnnc(-c2ccc(OC)c(OC)c2)n1. The van der Waals surface area contributed by atoms with Gasteiger partial charge in [-0.2, -0.15) is 5.10 Å². The molecule has 94 valence electrons. The molecule has 0 aliphatic carbocycles. The van der Waals surface area contributed by atoms with Crippen LogP contribution in [0.4, 0.5) is 5.82 Å². The van der Waals surface area contributed by atoms with Gasteiger partial charge in [0, 0.05) is 12.6 Å². The van der Waals surface area contributed by atoms with Crippen LogP contribution in [0, 0.1) is 0 Å². The highest BCUT2D eigenvalue weighted by Gasteiger charge is 2.08. The van der Waals surface area contributed by atoms with Gasteiger partial charge in [-0.15, -0.1) is 5.10 Å². The van der Waals surface area contributed by atoms with E-state index in [4.69, 9.17) is 9.47 Å². The largest absolute Gasteiger partial charge is 0.493 e. The number of methoxy groups -OCH3 is 2. The van der Waals surface area contributed by atoms with Gasteiger partial charge in [0.1, 0.15) is 5.82 Å².